The van der Waals surface area contributed by atoms with Crippen molar-refractivity contribution in [1.29, 1.82) is 0 Å². The van der Waals surface area contributed by atoms with Crippen LogP contribution in [0.4, 0.5) is 0 Å². The molecule has 1 aliphatic heterocycles. The Bertz CT molecular complexity index is 1550. The molecule has 0 radical (unpaired) electrons. The first kappa shape index (κ1) is 25.3. The zero-order valence-electron chi connectivity index (χ0n) is 21.4. The van der Waals surface area contributed by atoms with Gasteiger partial charge in [-0.2, -0.15) is 0 Å². The number of amides is 2. The highest BCUT2D eigenvalue weighted by atomic mass is 35.5. The van der Waals surface area contributed by atoms with E-state index in [1.807, 2.05) is 36.4 Å². The Morgan fingerprint density at radius 2 is 1.79 bits per heavy atom. The Balaban J connectivity index is 1.47. The number of ketones is 2. The van der Waals surface area contributed by atoms with Gasteiger partial charge in [0, 0.05) is 22.6 Å². The Kier molecular flexibility index (Phi) is 6.07. The van der Waals surface area contributed by atoms with Gasteiger partial charge in [-0.3, -0.25) is 24.1 Å². The summed E-state index contributed by atoms with van der Waals surface area (Å²) in [5.74, 6) is -3.32. The molecule has 0 spiro atoms. The second kappa shape index (κ2) is 9.35. The Morgan fingerprint density at radius 1 is 1.05 bits per heavy atom. The van der Waals surface area contributed by atoms with Gasteiger partial charge in [0.25, 0.3) is 0 Å². The number of ether oxygens (including phenoxy) is 1. The number of halogens is 1. The van der Waals surface area contributed by atoms with Crippen LogP contribution in [0, 0.1) is 17.8 Å². The molecule has 0 saturated carbocycles. The molecule has 7 nitrogen and oxygen atoms in total. The van der Waals surface area contributed by atoms with Gasteiger partial charge in [-0.1, -0.05) is 53.6 Å². The van der Waals surface area contributed by atoms with Crippen LogP contribution in [0.3, 0.4) is 0 Å². The molecular weight excluding hydrogens is 518 g/mol. The van der Waals surface area contributed by atoms with Crippen molar-refractivity contribution >= 4 is 35.0 Å². The third-order valence-electron chi connectivity index (χ3n) is 8.44. The molecule has 0 bridgehead atoms. The lowest BCUT2D eigenvalue weighted by atomic mass is 9.59. The lowest BCUT2D eigenvalue weighted by Crippen LogP contribution is -2.39. The van der Waals surface area contributed by atoms with Crippen LogP contribution >= 0.6 is 11.6 Å². The van der Waals surface area contributed by atoms with E-state index in [0.29, 0.717) is 28.7 Å². The minimum atomic E-state index is -0.668. The van der Waals surface area contributed by atoms with Crippen molar-refractivity contribution in [3.63, 3.8) is 0 Å². The summed E-state index contributed by atoms with van der Waals surface area (Å²) < 4.78 is 5.33. The fourth-order valence-electron chi connectivity index (χ4n) is 6.66. The second-order valence-electron chi connectivity index (χ2n) is 10.5. The predicted molar refractivity (Wildman–Crippen MR) is 143 cm³/mol. The number of nitrogens with zero attached hydrogens (tertiary/aromatic N) is 1. The van der Waals surface area contributed by atoms with Crippen LogP contribution in [0.1, 0.15) is 36.8 Å². The molecule has 0 aromatic heterocycles. The largest absolute Gasteiger partial charge is 0.503 e. The molecule has 2 amide bonds. The number of imide groups is 1. The number of benzene rings is 2. The molecule has 1 heterocycles. The van der Waals surface area contributed by atoms with Crippen LogP contribution in [0.15, 0.2) is 76.9 Å². The van der Waals surface area contributed by atoms with E-state index < -0.39 is 23.7 Å². The number of hydrogen-bond acceptors (Lipinski definition) is 6. The average Bonchev–Trinajstić information content (AvgIpc) is 3.17. The fraction of sp³-hybridized carbons (Fsp3) is 0.290. The summed E-state index contributed by atoms with van der Waals surface area (Å²) in [6.45, 7) is 1.80. The zero-order chi connectivity index (χ0) is 27.6. The standard InChI is InChI=1S/C31H26ClNO6/c1-15-10-23(34)27-21(28(15)35)13-20-18(25(27)17-11-22(32)29(36)24(12-17)39-2)8-9-19-26(20)31(38)33(30(19)37)14-16-6-4-3-5-7-16/h3-8,10-12,19-20,25-26,36H,9,13-14H2,1-2H3. The highest BCUT2D eigenvalue weighted by molar-refractivity contribution is 6.32. The molecular formula is C31H26ClNO6. The highest BCUT2D eigenvalue weighted by Gasteiger charge is 2.56. The van der Waals surface area contributed by atoms with Crippen LogP contribution in [-0.2, 0) is 25.7 Å². The maximum Gasteiger partial charge on any atom is 0.234 e. The van der Waals surface area contributed by atoms with Crippen molar-refractivity contribution in [1.82, 2.24) is 4.90 Å². The first-order chi connectivity index (χ1) is 18.7. The number of fused-ring (bicyclic) bond motifs is 3. The molecule has 4 aliphatic rings. The first-order valence-electron chi connectivity index (χ1n) is 12.9. The van der Waals surface area contributed by atoms with E-state index in [4.69, 9.17) is 16.3 Å². The molecule has 39 heavy (non-hydrogen) atoms. The maximum atomic E-state index is 13.8. The number of rotatable bonds is 4. The van der Waals surface area contributed by atoms with Gasteiger partial charge in [-0.15, -0.1) is 0 Å². The summed E-state index contributed by atoms with van der Waals surface area (Å²) in [6, 6.07) is 12.5. The number of allylic oxidation sites excluding steroid dienone is 6. The lowest BCUT2D eigenvalue weighted by molar-refractivity contribution is -0.140. The van der Waals surface area contributed by atoms with E-state index in [-0.39, 0.29) is 52.9 Å². The molecule has 198 valence electrons. The quantitative estimate of drug-likeness (QED) is 0.341. The lowest BCUT2D eigenvalue weighted by Gasteiger charge is -2.42. The maximum absolute atomic E-state index is 13.8. The van der Waals surface area contributed by atoms with Gasteiger partial charge in [0.05, 0.1) is 30.5 Å². The SMILES string of the molecule is COc1cc(C2C3=CCC4C(=O)N(Cc5ccccc5)C(=O)C4C3CC3=C2C(=O)C=C(C)C3=O)cc(Cl)c1O. The number of carbonyl (C=O) groups excluding carboxylic acids is 4. The van der Waals surface area contributed by atoms with Crippen molar-refractivity contribution < 1.29 is 29.0 Å². The number of phenols is 1. The van der Waals surface area contributed by atoms with Crippen molar-refractivity contribution in [3.8, 4) is 11.5 Å². The van der Waals surface area contributed by atoms with Gasteiger partial charge in [0.15, 0.2) is 23.1 Å². The van der Waals surface area contributed by atoms with Crippen molar-refractivity contribution in [3.05, 3.63) is 93.1 Å². The second-order valence-corrected chi connectivity index (χ2v) is 10.9. The molecule has 2 aromatic rings. The Labute approximate surface area is 230 Å². The molecule has 4 unspecified atom stereocenters. The summed E-state index contributed by atoms with van der Waals surface area (Å²) >= 11 is 6.35. The van der Waals surface area contributed by atoms with Gasteiger partial charge in [-0.25, -0.2) is 0 Å². The molecule has 1 saturated heterocycles. The molecule has 6 rings (SSSR count). The number of methoxy groups -OCH3 is 1. The van der Waals surface area contributed by atoms with E-state index in [9.17, 15) is 24.3 Å². The number of carbonyl (C=O) groups is 4. The number of likely N-dealkylation sites (tertiary alicyclic amines) is 1. The van der Waals surface area contributed by atoms with Crippen LogP contribution in [-0.4, -0.2) is 40.5 Å². The minimum Gasteiger partial charge on any atom is -0.503 e. The molecule has 4 atom stereocenters. The van der Waals surface area contributed by atoms with Crippen LogP contribution in [0.25, 0.3) is 0 Å². The summed E-state index contributed by atoms with van der Waals surface area (Å²) in [7, 11) is 1.40. The van der Waals surface area contributed by atoms with Crippen molar-refractivity contribution in [2.75, 3.05) is 7.11 Å². The molecule has 1 N–H and O–H groups in total. The van der Waals surface area contributed by atoms with Crippen molar-refractivity contribution in [2.45, 2.75) is 32.2 Å². The number of Topliss-reactive ketones (excluding diaryl/α,β-unsaturated/α-hetero) is 1. The van der Waals surface area contributed by atoms with Gasteiger partial charge in [-0.05, 0) is 55.0 Å². The van der Waals surface area contributed by atoms with Gasteiger partial charge in [0.2, 0.25) is 11.8 Å². The summed E-state index contributed by atoms with van der Waals surface area (Å²) in [5.41, 5.74) is 3.32. The van der Waals surface area contributed by atoms with E-state index in [1.165, 1.54) is 18.1 Å². The molecule has 3 aliphatic carbocycles. The topological polar surface area (TPSA) is 101 Å². The minimum absolute atomic E-state index is 0.0466. The van der Waals surface area contributed by atoms with E-state index in [1.54, 1.807) is 19.1 Å². The summed E-state index contributed by atoms with van der Waals surface area (Å²) in [5, 5.41) is 10.4. The van der Waals surface area contributed by atoms with E-state index in [0.717, 1.165) is 11.1 Å². The molecule has 1 fully saturated rings. The molecule has 8 heteroatoms. The number of aromatic hydroxyl groups is 1. The third-order valence-corrected chi connectivity index (χ3v) is 8.73. The van der Waals surface area contributed by atoms with Crippen LogP contribution in [0.5, 0.6) is 11.5 Å². The normalized spacial score (nSPS) is 26.2. The summed E-state index contributed by atoms with van der Waals surface area (Å²) in [6.07, 6.45) is 3.86. The van der Waals surface area contributed by atoms with E-state index >= 15 is 0 Å². The fourth-order valence-corrected chi connectivity index (χ4v) is 6.88. The van der Waals surface area contributed by atoms with Crippen molar-refractivity contribution in [2.24, 2.45) is 17.8 Å². The Morgan fingerprint density at radius 3 is 2.51 bits per heavy atom. The monoisotopic (exact) mass is 543 g/mol. The van der Waals surface area contributed by atoms with Gasteiger partial charge in [0.1, 0.15) is 0 Å². The zero-order valence-corrected chi connectivity index (χ0v) is 22.2. The number of hydrogen-bond donors (Lipinski definition) is 1. The van der Waals surface area contributed by atoms with Crippen LogP contribution in [0.2, 0.25) is 5.02 Å². The van der Waals surface area contributed by atoms with Crippen LogP contribution < -0.4 is 4.74 Å². The van der Waals surface area contributed by atoms with Gasteiger partial charge < -0.3 is 9.84 Å². The predicted octanol–water partition coefficient (Wildman–Crippen LogP) is 4.68. The Hall–Kier alpha value is -3.97. The smallest absolute Gasteiger partial charge is 0.234 e. The first-order valence-corrected chi connectivity index (χ1v) is 13.2. The van der Waals surface area contributed by atoms with E-state index in [2.05, 4.69) is 0 Å². The van der Waals surface area contributed by atoms with Gasteiger partial charge >= 0.3 is 0 Å². The summed E-state index contributed by atoms with van der Waals surface area (Å²) in [4.78, 5) is 55.4. The third kappa shape index (κ3) is 3.87. The molecule has 2 aromatic carbocycles. The average molecular weight is 544 g/mol. The highest BCUT2D eigenvalue weighted by Crippen LogP contribution is 2.56. The number of phenolic OH excluding ortho intramolecular Hbond substituents is 1.